The normalized spacial score (nSPS) is 18.5. The number of nitrogens with one attached hydrogen (secondary N) is 2. The fourth-order valence-corrected chi connectivity index (χ4v) is 2.55. The van der Waals surface area contributed by atoms with Crippen LogP contribution in [0.4, 0.5) is 0 Å². The standard InChI is InChI=1S/C16H28N6O4/c1-7-15(4,5)22-8-16(9-22,20-21-17)14(25)19-10(2)12(23)18-11(3)13(24)26-6/h10-11H,7-9H2,1-6H3,(H,18,23)(H,19,25)/t10-,11-/m0/s1. The molecule has 2 amide bonds. The molecule has 10 heteroatoms. The molecule has 10 nitrogen and oxygen atoms in total. The van der Waals surface area contributed by atoms with E-state index in [9.17, 15) is 14.4 Å². The Hall–Kier alpha value is -2.32. The van der Waals surface area contributed by atoms with Crippen molar-refractivity contribution in [3.05, 3.63) is 10.4 Å². The van der Waals surface area contributed by atoms with E-state index < -0.39 is 35.4 Å². The van der Waals surface area contributed by atoms with Gasteiger partial charge in [-0.15, -0.1) is 0 Å². The number of carbonyl (C=O) groups is 3. The number of hydrogen-bond acceptors (Lipinski definition) is 6. The Morgan fingerprint density at radius 1 is 1.27 bits per heavy atom. The Kier molecular flexibility index (Phi) is 7.00. The molecule has 2 atom stereocenters. The highest BCUT2D eigenvalue weighted by Gasteiger charge is 2.52. The van der Waals surface area contributed by atoms with E-state index in [-0.39, 0.29) is 18.6 Å². The van der Waals surface area contributed by atoms with Gasteiger partial charge in [0, 0.05) is 23.5 Å². The second-order valence-corrected chi connectivity index (χ2v) is 7.19. The number of likely N-dealkylation sites (tertiary alicyclic amines) is 1. The second-order valence-electron chi connectivity index (χ2n) is 7.19. The van der Waals surface area contributed by atoms with Crippen LogP contribution in [0.2, 0.25) is 0 Å². The summed E-state index contributed by atoms with van der Waals surface area (Å²) in [7, 11) is 1.22. The number of carbonyl (C=O) groups excluding carboxylic acids is 3. The van der Waals surface area contributed by atoms with Gasteiger partial charge >= 0.3 is 5.97 Å². The van der Waals surface area contributed by atoms with Crippen molar-refractivity contribution in [2.24, 2.45) is 5.11 Å². The van der Waals surface area contributed by atoms with E-state index in [2.05, 4.69) is 44.1 Å². The first kappa shape index (κ1) is 21.7. The zero-order valence-electron chi connectivity index (χ0n) is 16.2. The van der Waals surface area contributed by atoms with Crippen molar-refractivity contribution >= 4 is 17.8 Å². The minimum absolute atomic E-state index is 0.117. The first-order valence-electron chi connectivity index (χ1n) is 8.53. The molecule has 1 aliphatic heterocycles. The molecule has 0 bridgehead atoms. The predicted octanol–water partition coefficient (Wildman–Crippen LogP) is 0.722. The molecule has 1 saturated heterocycles. The van der Waals surface area contributed by atoms with Crippen LogP contribution < -0.4 is 10.6 Å². The zero-order chi connectivity index (χ0) is 20.1. The Balaban J connectivity index is 2.73. The summed E-state index contributed by atoms with van der Waals surface area (Å²) < 4.78 is 4.54. The molecule has 1 fully saturated rings. The largest absolute Gasteiger partial charge is 0.467 e. The van der Waals surface area contributed by atoms with Gasteiger partial charge in [-0.3, -0.25) is 14.5 Å². The van der Waals surface area contributed by atoms with Crippen LogP contribution in [0.1, 0.15) is 41.0 Å². The van der Waals surface area contributed by atoms with Crippen molar-refractivity contribution in [2.45, 2.75) is 64.2 Å². The van der Waals surface area contributed by atoms with Crippen molar-refractivity contribution in [2.75, 3.05) is 20.2 Å². The number of esters is 1. The van der Waals surface area contributed by atoms with E-state index in [1.165, 1.54) is 21.0 Å². The third-order valence-electron chi connectivity index (χ3n) is 4.94. The van der Waals surface area contributed by atoms with Gasteiger partial charge in [0.1, 0.15) is 12.1 Å². The highest BCUT2D eigenvalue weighted by molar-refractivity contribution is 5.94. The summed E-state index contributed by atoms with van der Waals surface area (Å²) in [4.78, 5) is 41.0. The summed E-state index contributed by atoms with van der Waals surface area (Å²) in [5.41, 5.74) is 7.49. The average Bonchev–Trinajstić information content (AvgIpc) is 2.56. The number of hydrogen-bond donors (Lipinski definition) is 2. The molecule has 0 aromatic heterocycles. The topological polar surface area (TPSA) is 136 Å². The lowest BCUT2D eigenvalue weighted by molar-refractivity contribution is -0.145. The molecule has 0 aliphatic carbocycles. The highest BCUT2D eigenvalue weighted by atomic mass is 16.5. The van der Waals surface area contributed by atoms with Gasteiger partial charge in [0.2, 0.25) is 11.8 Å². The number of amides is 2. The lowest BCUT2D eigenvalue weighted by atomic mass is 9.83. The van der Waals surface area contributed by atoms with Crippen LogP contribution in [0.25, 0.3) is 10.4 Å². The monoisotopic (exact) mass is 368 g/mol. The molecule has 0 unspecified atom stereocenters. The van der Waals surface area contributed by atoms with E-state index >= 15 is 0 Å². The lowest BCUT2D eigenvalue weighted by Crippen LogP contribution is -2.72. The van der Waals surface area contributed by atoms with Gasteiger partial charge in [0.15, 0.2) is 5.54 Å². The Bertz CT molecular complexity index is 608. The van der Waals surface area contributed by atoms with Gasteiger partial charge in [-0.1, -0.05) is 12.0 Å². The van der Waals surface area contributed by atoms with E-state index in [0.29, 0.717) is 0 Å². The Morgan fingerprint density at radius 3 is 2.31 bits per heavy atom. The average molecular weight is 368 g/mol. The van der Waals surface area contributed by atoms with Crippen LogP contribution in [0.5, 0.6) is 0 Å². The molecule has 0 aromatic rings. The van der Waals surface area contributed by atoms with E-state index in [1.807, 2.05) is 6.92 Å². The maximum atomic E-state index is 12.6. The summed E-state index contributed by atoms with van der Waals surface area (Å²) in [5.74, 6) is -1.62. The zero-order valence-corrected chi connectivity index (χ0v) is 16.2. The van der Waals surface area contributed by atoms with Crippen molar-refractivity contribution in [3.63, 3.8) is 0 Å². The molecule has 1 aliphatic rings. The van der Waals surface area contributed by atoms with Crippen molar-refractivity contribution in [3.8, 4) is 0 Å². The summed E-state index contributed by atoms with van der Waals surface area (Å²) in [6.07, 6.45) is 0.880. The van der Waals surface area contributed by atoms with Gasteiger partial charge in [0.25, 0.3) is 0 Å². The second kappa shape index (κ2) is 8.37. The Morgan fingerprint density at radius 2 is 1.85 bits per heavy atom. The first-order valence-corrected chi connectivity index (χ1v) is 8.53. The van der Waals surface area contributed by atoms with Crippen molar-refractivity contribution in [1.29, 1.82) is 0 Å². The predicted molar refractivity (Wildman–Crippen MR) is 95.0 cm³/mol. The summed E-state index contributed by atoms with van der Waals surface area (Å²) >= 11 is 0. The van der Waals surface area contributed by atoms with Crippen molar-refractivity contribution < 1.29 is 19.1 Å². The molecule has 1 heterocycles. The highest BCUT2D eigenvalue weighted by Crippen LogP contribution is 2.34. The van der Waals surface area contributed by atoms with Crippen LogP contribution in [-0.2, 0) is 19.1 Å². The van der Waals surface area contributed by atoms with Crippen LogP contribution >= 0.6 is 0 Å². The van der Waals surface area contributed by atoms with Crippen LogP contribution in [0.3, 0.4) is 0 Å². The molecule has 0 aromatic carbocycles. The van der Waals surface area contributed by atoms with Crippen LogP contribution in [0.15, 0.2) is 5.11 Å². The van der Waals surface area contributed by atoms with Crippen LogP contribution in [-0.4, -0.2) is 66.0 Å². The third kappa shape index (κ3) is 4.64. The molecular weight excluding hydrogens is 340 g/mol. The summed E-state index contributed by atoms with van der Waals surface area (Å²) in [6.45, 7) is 9.70. The minimum Gasteiger partial charge on any atom is -0.467 e. The minimum atomic E-state index is -1.23. The first-order chi connectivity index (χ1) is 12.0. The number of ether oxygens (including phenoxy) is 1. The van der Waals surface area contributed by atoms with Crippen molar-refractivity contribution in [1.82, 2.24) is 15.5 Å². The number of nitrogens with zero attached hydrogens (tertiary/aromatic N) is 4. The third-order valence-corrected chi connectivity index (χ3v) is 4.94. The molecular formula is C16H28N6O4. The molecule has 1 rings (SSSR count). The van der Waals surface area contributed by atoms with E-state index in [4.69, 9.17) is 5.53 Å². The summed E-state index contributed by atoms with van der Waals surface area (Å²) in [6, 6.07) is -1.73. The maximum Gasteiger partial charge on any atom is 0.328 e. The van der Waals surface area contributed by atoms with Gasteiger partial charge in [0.05, 0.1) is 7.11 Å². The smallest absolute Gasteiger partial charge is 0.328 e. The van der Waals surface area contributed by atoms with Crippen LogP contribution in [0, 0.1) is 0 Å². The molecule has 2 N–H and O–H groups in total. The molecule has 0 saturated carbocycles. The summed E-state index contributed by atoms with van der Waals surface area (Å²) in [5, 5.41) is 8.72. The fraction of sp³-hybridized carbons (Fsp3) is 0.812. The maximum absolute atomic E-state index is 12.6. The molecule has 146 valence electrons. The van der Waals surface area contributed by atoms with Gasteiger partial charge < -0.3 is 15.4 Å². The van der Waals surface area contributed by atoms with E-state index in [0.717, 1.165) is 6.42 Å². The molecule has 26 heavy (non-hydrogen) atoms. The number of methoxy groups -OCH3 is 1. The van der Waals surface area contributed by atoms with Gasteiger partial charge in [-0.05, 0) is 39.6 Å². The quantitative estimate of drug-likeness (QED) is 0.281. The number of azide groups is 1. The number of rotatable bonds is 8. The Labute approximate surface area is 153 Å². The lowest BCUT2D eigenvalue weighted by Gasteiger charge is -2.53. The van der Waals surface area contributed by atoms with Gasteiger partial charge in [-0.25, -0.2) is 4.79 Å². The SMILES string of the molecule is CCC(C)(C)N1CC(N=[N+]=[N-])(C(=O)N[C@@H](C)C(=O)N[C@@H](C)C(=O)OC)C1. The van der Waals surface area contributed by atoms with Gasteiger partial charge in [-0.2, -0.15) is 0 Å². The van der Waals surface area contributed by atoms with E-state index in [1.54, 1.807) is 0 Å². The fourth-order valence-electron chi connectivity index (χ4n) is 2.55. The molecule has 0 spiro atoms. The molecule has 0 radical (unpaired) electrons.